The first-order chi connectivity index (χ1) is 9.81. The lowest BCUT2D eigenvalue weighted by Crippen LogP contribution is -2.16. The van der Waals surface area contributed by atoms with Crippen LogP contribution in [0.2, 0.25) is 0 Å². The van der Waals surface area contributed by atoms with Gasteiger partial charge in [-0.25, -0.2) is 18.1 Å². The number of nitro groups is 1. The Balaban J connectivity index is 2.48. The number of nitro benzene ring substituents is 1. The summed E-state index contributed by atoms with van der Waals surface area (Å²) in [4.78, 5) is 12.9. The molecule has 0 aliphatic carbocycles. The number of hydrogen-bond donors (Lipinski definition) is 1. The van der Waals surface area contributed by atoms with Crippen LogP contribution in [0.3, 0.4) is 0 Å². The normalized spacial score (nSPS) is 11.1. The largest absolute Gasteiger partial charge is 0.306 e. The molecule has 0 amide bonds. The lowest BCUT2D eigenvalue weighted by atomic mass is 10.2. The van der Waals surface area contributed by atoms with E-state index in [9.17, 15) is 22.9 Å². The van der Waals surface area contributed by atoms with Gasteiger partial charge in [0.2, 0.25) is 5.82 Å². The van der Waals surface area contributed by atoms with E-state index >= 15 is 0 Å². The van der Waals surface area contributed by atoms with Gasteiger partial charge in [-0.05, 0) is 18.6 Å². The zero-order valence-electron chi connectivity index (χ0n) is 10.5. The second kappa shape index (κ2) is 5.36. The minimum absolute atomic E-state index is 0.170. The number of hydrogen-bond acceptors (Lipinski definition) is 7. The highest BCUT2D eigenvalue weighted by atomic mass is 32.2. The van der Waals surface area contributed by atoms with Crippen molar-refractivity contribution in [2.45, 2.75) is 11.8 Å². The molecule has 0 aliphatic heterocycles. The predicted molar refractivity (Wildman–Crippen MR) is 68.4 cm³/mol. The molecular formula is C10H8FN5O4S. The lowest BCUT2D eigenvalue weighted by Gasteiger charge is -2.07. The maximum atomic E-state index is 13.6. The summed E-state index contributed by atoms with van der Waals surface area (Å²) >= 11 is 0. The van der Waals surface area contributed by atoms with Crippen molar-refractivity contribution in [3.63, 3.8) is 0 Å². The van der Waals surface area contributed by atoms with Gasteiger partial charge >= 0.3 is 5.69 Å². The van der Waals surface area contributed by atoms with Crippen molar-refractivity contribution < 1.29 is 17.7 Å². The van der Waals surface area contributed by atoms with Crippen molar-refractivity contribution >= 4 is 21.7 Å². The number of benzene rings is 1. The molecular weight excluding hydrogens is 305 g/mol. The molecule has 9 nitrogen and oxygen atoms in total. The van der Waals surface area contributed by atoms with Crippen LogP contribution in [0.15, 0.2) is 29.4 Å². The van der Waals surface area contributed by atoms with Gasteiger partial charge in [0.1, 0.15) is 0 Å². The first-order valence-electron chi connectivity index (χ1n) is 5.42. The SMILES string of the molecule is Cc1cc(S(=O)(=O)Nc2nccnn2)cc([N+](=O)[O-])c1F. The summed E-state index contributed by atoms with van der Waals surface area (Å²) in [5.41, 5.74) is -1.10. The van der Waals surface area contributed by atoms with Gasteiger partial charge < -0.3 is 0 Å². The molecule has 0 unspecified atom stereocenters. The van der Waals surface area contributed by atoms with Gasteiger partial charge in [0.25, 0.3) is 16.0 Å². The number of aryl methyl sites for hydroxylation is 1. The van der Waals surface area contributed by atoms with Crippen LogP contribution < -0.4 is 4.72 Å². The Morgan fingerprint density at radius 3 is 2.62 bits per heavy atom. The molecule has 0 aliphatic rings. The van der Waals surface area contributed by atoms with Crippen molar-refractivity contribution in [3.8, 4) is 0 Å². The predicted octanol–water partition coefficient (Wildman–Crippen LogP) is 1.03. The van der Waals surface area contributed by atoms with Crippen molar-refractivity contribution in [2.24, 2.45) is 0 Å². The van der Waals surface area contributed by atoms with Crippen LogP contribution in [-0.2, 0) is 10.0 Å². The molecule has 1 aromatic carbocycles. The summed E-state index contributed by atoms with van der Waals surface area (Å²) < 4.78 is 39.7. The fourth-order valence-corrected chi connectivity index (χ4v) is 2.53. The molecule has 21 heavy (non-hydrogen) atoms. The Morgan fingerprint density at radius 2 is 2.05 bits per heavy atom. The maximum absolute atomic E-state index is 13.6. The van der Waals surface area contributed by atoms with Crippen LogP contribution in [0.25, 0.3) is 0 Å². The fraction of sp³-hybridized carbons (Fsp3) is 0.100. The maximum Gasteiger partial charge on any atom is 0.306 e. The molecule has 0 radical (unpaired) electrons. The molecule has 0 atom stereocenters. The van der Waals surface area contributed by atoms with Gasteiger partial charge in [-0.1, -0.05) is 0 Å². The Bertz CT molecular complexity index is 797. The molecule has 0 saturated carbocycles. The number of aromatic nitrogens is 3. The highest BCUT2D eigenvalue weighted by Gasteiger charge is 2.24. The molecule has 2 aromatic rings. The Morgan fingerprint density at radius 1 is 1.33 bits per heavy atom. The van der Waals surface area contributed by atoms with Crippen LogP contribution >= 0.6 is 0 Å². The zero-order valence-corrected chi connectivity index (χ0v) is 11.3. The number of anilines is 1. The van der Waals surface area contributed by atoms with Gasteiger partial charge in [0, 0.05) is 6.07 Å². The summed E-state index contributed by atoms with van der Waals surface area (Å²) in [7, 11) is -4.19. The van der Waals surface area contributed by atoms with Gasteiger partial charge in [-0.15, -0.1) is 5.10 Å². The summed E-state index contributed by atoms with van der Waals surface area (Å²) in [6, 6.07) is 1.60. The standard InChI is InChI=1S/C10H8FN5O4S/c1-6-4-7(5-8(9(6)11)16(17)18)21(19,20)15-10-12-2-3-13-14-10/h2-5H,1H3,(H,12,14,15). The van der Waals surface area contributed by atoms with Gasteiger partial charge in [0.15, 0.2) is 0 Å². The number of rotatable bonds is 4. The molecule has 0 bridgehead atoms. The van der Waals surface area contributed by atoms with Crippen LogP contribution in [0.1, 0.15) is 5.56 Å². The number of sulfonamides is 1. The van der Waals surface area contributed by atoms with E-state index in [-0.39, 0.29) is 11.5 Å². The lowest BCUT2D eigenvalue weighted by molar-refractivity contribution is -0.387. The summed E-state index contributed by atoms with van der Waals surface area (Å²) in [5.74, 6) is -1.39. The number of halogens is 1. The molecule has 0 saturated heterocycles. The van der Waals surface area contributed by atoms with E-state index < -0.39 is 31.3 Å². The minimum atomic E-state index is -4.19. The molecule has 1 aromatic heterocycles. The third-order valence-electron chi connectivity index (χ3n) is 2.42. The average Bonchev–Trinajstić information content (AvgIpc) is 2.41. The zero-order chi connectivity index (χ0) is 15.6. The van der Waals surface area contributed by atoms with E-state index in [1.807, 2.05) is 4.72 Å². The topological polar surface area (TPSA) is 128 Å². The van der Waals surface area contributed by atoms with E-state index in [4.69, 9.17) is 0 Å². The van der Waals surface area contributed by atoms with Crippen LogP contribution in [0.4, 0.5) is 16.0 Å². The first kappa shape index (κ1) is 14.7. The Hall–Kier alpha value is -2.69. The number of nitrogens with zero attached hydrogens (tertiary/aromatic N) is 4. The van der Waals surface area contributed by atoms with E-state index in [1.165, 1.54) is 19.3 Å². The van der Waals surface area contributed by atoms with E-state index in [0.717, 1.165) is 6.07 Å². The summed E-state index contributed by atoms with van der Waals surface area (Å²) in [5, 5.41) is 17.6. The highest BCUT2D eigenvalue weighted by molar-refractivity contribution is 7.92. The molecule has 0 fully saturated rings. The molecule has 2 rings (SSSR count). The average molecular weight is 313 g/mol. The van der Waals surface area contributed by atoms with Gasteiger partial charge in [-0.3, -0.25) is 10.1 Å². The van der Waals surface area contributed by atoms with E-state index in [2.05, 4.69) is 15.2 Å². The first-order valence-corrected chi connectivity index (χ1v) is 6.90. The Labute approximate surface area is 118 Å². The Kier molecular flexibility index (Phi) is 3.76. The third kappa shape index (κ3) is 3.08. The van der Waals surface area contributed by atoms with E-state index in [1.54, 1.807) is 0 Å². The van der Waals surface area contributed by atoms with Crippen molar-refractivity contribution in [1.82, 2.24) is 15.2 Å². The molecule has 110 valence electrons. The van der Waals surface area contributed by atoms with Crippen molar-refractivity contribution in [3.05, 3.63) is 46.0 Å². The van der Waals surface area contributed by atoms with Crippen molar-refractivity contribution in [1.29, 1.82) is 0 Å². The quantitative estimate of drug-likeness (QED) is 0.659. The van der Waals surface area contributed by atoms with Crippen LogP contribution in [0.5, 0.6) is 0 Å². The second-order valence-electron chi connectivity index (χ2n) is 3.90. The summed E-state index contributed by atoms with van der Waals surface area (Å²) in [6.45, 7) is 1.22. The highest BCUT2D eigenvalue weighted by Crippen LogP contribution is 2.25. The minimum Gasteiger partial charge on any atom is -0.258 e. The van der Waals surface area contributed by atoms with E-state index in [0.29, 0.717) is 6.07 Å². The van der Waals surface area contributed by atoms with Crippen molar-refractivity contribution in [2.75, 3.05) is 4.72 Å². The monoisotopic (exact) mass is 313 g/mol. The fourth-order valence-electron chi connectivity index (χ4n) is 1.48. The van der Waals surface area contributed by atoms with Crippen LogP contribution in [-0.4, -0.2) is 28.5 Å². The van der Waals surface area contributed by atoms with Gasteiger partial charge in [0.05, 0.1) is 22.2 Å². The third-order valence-corrected chi connectivity index (χ3v) is 3.73. The van der Waals surface area contributed by atoms with Crippen LogP contribution in [0, 0.1) is 22.9 Å². The molecule has 0 spiro atoms. The smallest absolute Gasteiger partial charge is 0.258 e. The van der Waals surface area contributed by atoms with Gasteiger partial charge in [-0.2, -0.15) is 9.49 Å². The summed E-state index contributed by atoms with van der Waals surface area (Å²) in [6.07, 6.45) is 2.45. The number of nitrogens with one attached hydrogen (secondary N) is 1. The molecule has 11 heteroatoms. The molecule has 1 N–H and O–H groups in total. The molecule has 1 heterocycles. The second-order valence-corrected chi connectivity index (χ2v) is 5.58.